The van der Waals surface area contributed by atoms with Gasteiger partial charge in [-0.1, -0.05) is 23.4 Å². The van der Waals surface area contributed by atoms with E-state index >= 15 is 0 Å². The zero-order valence-corrected chi connectivity index (χ0v) is 16.6. The van der Waals surface area contributed by atoms with Crippen LogP contribution in [0.5, 0.6) is 0 Å². The highest BCUT2D eigenvalue weighted by Crippen LogP contribution is 2.26. The van der Waals surface area contributed by atoms with Crippen molar-refractivity contribution in [1.29, 1.82) is 0 Å². The van der Waals surface area contributed by atoms with E-state index in [1.807, 2.05) is 0 Å². The zero-order chi connectivity index (χ0) is 20.8. The van der Waals surface area contributed by atoms with Crippen LogP contribution in [0.3, 0.4) is 0 Å². The number of rotatable bonds is 4. The Morgan fingerprint density at radius 2 is 1.83 bits per heavy atom. The molecule has 0 radical (unpaired) electrons. The molecule has 2 aromatic rings. The molecule has 2 aromatic carbocycles. The van der Waals surface area contributed by atoms with Gasteiger partial charge in [0, 0.05) is 41.9 Å². The summed E-state index contributed by atoms with van der Waals surface area (Å²) in [6.07, 6.45) is 0.173. The fourth-order valence-corrected chi connectivity index (χ4v) is 3.14. The first-order valence-electron chi connectivity index (χ1n) is 9.12. The van der Waals surface area contributed by atoms with Crippen molar-refractivity contribution < 1.29 is 14.4 Å². The first-order valence-corrected chi connectivity index (χ1v) is 9.50. The van der Waals surface area contributed by atoms with Crippen molar-refractivity contribution in [1.82, 2.24) is 5.32 Å². The quantitative estimate of drug-likeness (QED) is 0.762. The lowest BCUT2D eigenvalue weighted by molar-refractivity contribution is -0.126. The number of nitrogens with zero attached hydrogens (tertiary/aromatic N) is 1. The monoisotopic (exact) mass is 409 g/mol. The second-order valence-electron chi connectivity index (χ2n) is 6.66. The minimum Gasteiger partial charge on any atom is -0.345 e. The summed E-state index contributed by atoms with van der Waals surface area (Å²) in [6, 6.07) is 14.1. The molecule has 0 aliphatic carbocycles. The third-order valence-electron chi connectivity index (χ3n) is 4.42. The SMILES string of the molecule is CC(=O)Nc1ccc(C#CCNC(=O)C2CC(=O)N(c3ccc(Cl)cc3)C2)cc1. The van der Waals surface area contributed by atoms with Gasteiger partial charge in [-0.05, 0) is 48.5 Å². The maximum absolute atomic E-state index is 12.4. The van der Waals surface area contributed by atoms with E-state index in [-0.39, 0.29) is 30.7 Å². The predicted octanol–water partition coefficient (Wildman–Crippen LogP) is 2.82. The predicted molar refractivity (Wildman–Crippen MR) is 113 cm³/mol. The number of halogens is 1. The van der Waals surface area contributed by atoms with Crippen LogP contribution in [0, 0.1) is 17.8 Å². The summed E-state index contributed by atoms with van der Waals surface area (Å²) in [5.74, 6) is 5.03. The van der Waals surface area contributed by atoms with Gasteiger partial charge < -0.3 is 15.5 Å². The molecule has 2 N–H and O–H groups in total. The average Bonchev–Trinajstić information content (AvgIpc) is 3.08. The topological polar surface area (TPSA) is 78.5 Å². The molecule has 6 nitrogen and oxygen atoms in total. The fourth-order valence-electron chi connectivity index (χ4n) is 3.02. The smallest absolute Gasteiger partial charge is 0.227 e. The maximum Gasteiger partial charge on any atom is 0.227 e. The number of anilines is 2. The van der Waals surface area contributed by atoms with E-state index in [4.69, 9.17) is 11.6 Å². The number of nitrogens with one attached hydrogen (secondary N) is 2. The van der Waals surface area contributed by atoms with E-state index in [0.29, 0.717) is 17.3 Å². The molecule has 0 spiro atoms. The van der Waals surface area contributed by atoms with E-state index in [2.05, 4.69) is 22.5 Å². The molecular formula is C22H20ClN3O3. The van der Waals surface area contributed by atoms with Crippen molar-refractivity contribution in [3.63, 3.8) is 0 Å². The second kappa shape index (κ2) is 9.26. The minimum absolute atomic E-state index is 0.0854. The Morgan fingerprint density at radius 1 is 1.14 bits per heavy atom. The van der Waals surface area contributed by atoms with Gasteiger partial charge in [-0.25, -0.2) is 0 Å². The lowest BCUT2D eigenvalue weighted by atomic mass is 10.1. The molecule has 3 rings (SSSR count). The molecule has 0 bridgehead atoms. The Hall–Kier alpha value is -3.30. The average molecular weight is 410 g/mol. The van der Waals surface area contributed by atoms with Gasteiger partial charge >= 0.3 is 0 Å². The zero-order valence-electron chi connectivity index (χ0n) is 15.9. The van der Waals surface area contributed by atoms with Crippen molar-refractivity contribution in [2.24, 2.45) is 5.92 Å². The van der Waals surface area contributed by atoms with Gasteiger partial charge in [0.05, 0.1) is 12.5 Å². The highest BCUT2D eigenvalue weighted by atomic mass is 35.5. The number of carbonyl (C=O) groups is 3. The molecule has 1 aliphatic heterocycles. The molecule has 7 heteroatoms. The Balaban J connectivity index is 1.50. The molecule has 1 unspecified atom stereocenters. The number of hydrogen-bond acceptors (Lipinski definition) is 3. The Kier molecular flexibility index (Phi) is 6.53. The van der Waals surface area contributed by atoms with Crippen molar-refractivity contribution in [3.8, 4) is 11.8 Å². The van der Waals surface area contributed by atoms with Gasteiger partial charge in [0.15, 0.2) is 0 Å². The van der Waals surface area contributed by atoms with Crippen molar-refractivity contribution in [2.75, 3.05) is 23.3 Å². The fraction of sp³-hybridized carbons (Fsp3) is 0.227. The van der Waals surface area contributed by atoms with Crippen LogP contribution in [0.2, 0.25) is 5.02 Å². The van der Waals surface area contributed by atoms with Crippen LogP contribution < -0.4 is 15.5 Å². The van der Waals surface area contributed by atoms with Gasteiger partial charge in [-0.2, -0.15) is 0 Å². The Morgan fingerprint density at radius 3 is 2.48 bits per heavy atom. The molecule has 1 atom stereocenters. The first kappa shape index (κ1) is 20.4. The minimum atomic E-state index is -0.406. The van der Waals surface area contributed by atoms with Gasteiger partial charge in [0.25, 0.3) is 0 Å². The molecule has 1 fully saturated rings. The van der Waals surface area contributed by atoms with Crippen LogP contribution in [0.25, 0.3) is 0 Å². The molecule has 0 aromatic heterocycles. The van der Waals surface area contributed by atoms with Crippen LogP contribution in [0.15, 0.2) is 48.5 Å². The van der Waals surface area contributed by atoms with Gasteiger partial charge in [0.1, 0.15) is 0 Å². The lowest BCUT2D eigenvalue weighted by Gasteiger charge is -2.16. The summed E-state index contributed by atoms with van der Waals surface area (Å²) < 4.78 is 0. The van der Waals surface area contributed by atoms with E-state index in [1.54, 1.807) is 53.4 Å². The largest absolute Gasteiger partial charge is 0.345 e. The molecule has 1 heterocycles. The maximum atomic E-state index is 12.4. The lowest BCUT2D eigenvalue weighted by Crippen LogP contribution is -2.33. The number of benzene rings is 2. The summed E-state index contributed by atoms with van der Waals surface area (Å²) >= 11 is 5.88. The van der Waals surface area contributed by atoms with Crippen LogP contribution in [0.4, 0.5) is 11.4 Å². The third kappa shape index (κ3) is 5.59. The standard InChI is InChI=1S/C22H20ClN3O3/c1-15(27)25-19-8-4-16(5-9-19)3-2-12-24-22(29)17-13-21(28)26(14-17)20-10-6-18(23)7-11-20/h4-11,17H,12-14H2,1H3,(H,24,29)(H,25,27). The van der Waals surface area contributed by atoms with Crippen molar-refractivity contribution >= 4 is 40.7 Å². The van der Waals surface area contributed by atoms with Crippen LogP contribution in [-0.2, 0) is 14.4 Å². The van der Waals surface area contributed by atoms with Crippen molar-refractivity contribution in [3.05, 3.63) is 59.1 Å². The molecule has 1 aliphatic rings. The summed E-state index contributed by atoms with van der Waals surface area (Å²) in [6.45, 7) is 1.98. The van der Waals surface area contributed by atoms with E-state index in [1.165, 1.54) is 6.92 Å². The van der Waals surface area contributed by atoms with Crippen LogP contribution in [-0.4, -0.2) is 30.8 Å². The van der Waals surface area contributed by atoms with Gasteiger partial charge in [0.2, 0.25) is 17.7 Å². The molecule has 3 amide bonds. The highest BCUT2D eigenvalue weighted by molar-refractivity contribution is 6.30. The third-order valence-corrected chi connectivity index (χ3v) is 4.68. The second-order valence-corrected chi connectivity index (χ2v) is 7.10. The van der Waals surface area contributed by atoms with Crippen molar-refractivity contribution in [2.45, 2.75) is 13.3 Å². The van der Waals surface area contributed by atoms with Crippen LogP contribution in [0.1, 0.15) is 18.9 Å². The summed E-state index contributed by atoms with van der Waals surface area (Å²) in [5, 5.41) is 6.04. The summed E-state index contributed by atoms with van der Waals surface area (Å²) in [4.78, 5) is 37.2. The van der Waals surface area contributed by atoms with E-state index < -0.39 is 5.92 Å². The summed E-state index contributed by atoms with van der Waals surface area (Å²) in [5.41, 5.74) is 2.21. The Bertz CT molecular complexity index is 975. The van der Waals surface area contributed by atoms with Crippen LogP contribution >= 0.6 is 11.6 Å². The van der Waals surface area contributed by atoms with Gasteiger partial charge in [-0.3, -0.25) is 14.4 Å². The summed E-state index contributed by atoms with van der Waals surface area (Å²) in [7, 11) is 0. The highest BCUT2D eigenvalue weighted by Gasteiger charge is 2.34. The molecule has 0 saturated carbocycles. The molecular weight excluding hydrogens is 390 g/mol. The number of hydrogen-bond donors (Lipinski definition) is 2. The van der Waals surface area contributed by atoms with E-state index in [0.717, 1.165) is 11.3 Å². The molecule has 1 saturated heterocycles. The molecule has 148 valence electrons. The Labute approximate surface area is 174 Å². The van der Waals surface area contributed by atoms with E-state index in [9.17, 15) is 14.4 Å². The molecule has 29 heavy (non-hydrogen) atoms. The first-order chi connectivity index (χ1) is 13.9. The number of carbonyl (C=O) groups excluding carboxylic acids is 3. The normalized spacial score (nSPS) is 15.4. The number of amides is 3. The van der Waals surface area contributed by atoms with Gasteiger partial charge in [-0.15, -0.1) is 0 Å².